The summed E-state index contributed by atoms with van der Waals surface area (Å²) in [4.78, 5) is 0. The molecule has 1 fully saturated rings. The highest BCUT2D eigenvalue weighted by Crippen LogP contribution is 2.15. The molecule has 1 rings (SSSR count). The van der Waals surface area contributed by atoms with Gasteiger partial charge in [-0.05, 0) is 12.8 Å². The van der Waals surface area contributed by atoms with E-state index in [0.717, 1.165) is 19.6 Å². The number of ether oxygens (including phenoxy) is 2. The lowest BCUT2D eigenvalue weighted by Gasteiger charge is -2.10. The SMILES string of the molecule is CCCCCCCCCCCCCCCCCOC1CCCO1. The monoisotopic (exact) mass is 326 g/mol. The highest BCUT2D eigenvalue weighted by molar-refractivity contribution is 4.54. The highest BCUT2D eigenvalue weighted by atomic mass is 16.7. The van der Waals surface area contributed by atoms with Gasteiger partial charge in [0, 0.05) is 19.6 Å². The van der Waals surface area contributed by atoms with Crippen molar-refractivity contribution in [2.75, 3.05) is 13.2 Å². The number of rotatable bonds is 17. The Hall–Kier alpha value is -0.0800. The van der Waals surface area contributed by atoms with Crippen LogP contribution in [-0.4, -0.2) is 19.5 Å². The maximum absolute atomic E-state index is 5.69. The van der Waals surface area contributed by atoms with Gasteiger partial charge in [-0.25, -0.2) is 0 Å². The summed E-state index contributed by atoms with van der Waals surface area (Å²) >= 11 is 0. The fourth-order valence-corrected chi connectivity index (χ4v) is 3.37. The third-order valence-electron chi connectivity index (χ3n) is 4.94. The molecule has 138 valence electrons. The van der Waals surface area contributed by atoms with Crippen LogP contribution in [0, 0.1) is 0 Å². The van der Waals surface area contributed by atoms with E-state index in [0.29, 0.717) is 0 Å². The molecule has 0 bridgehead atoms. The second kappa shape index (κ2) is 16.8. The fraction of sp³-hybridized carbons (Fsp3) is 1.00. The third-order valence-corrected chi connectivity index (χ3v) is 4.94. The Labute approximate surface area is 145 Å². The molecular formula is C21H42O2. The van der Waals surface area contributed by atoms with Gasteiger partial charge >= 0.3 is 0 Å². The first-order valence-electron chi connectivity index (χ1n) is 10.7. The van der Waals surface area contributed by atoms with Gasteiger partial charge in [0.2, 0.25) is 0 Å². The summed E-state index contributed by atoms with van der Waals surface area (Å²) in [5, 5.41) is 0. The zero-order valence-corrected chi connectivity index (χ0v) is 15.8. The Bertz CT molecular complexity index is 224. The lowest BCUT2D eigenvalue weighted by molar-refractivity contribution is -0.111. The molecule has 0 aliphatic carbocycles. The molecule has 1 saturated heterocycles. The first kappa shape index (κ1) is 21.0. The standard InChI is InChI=1S/C21H42O2/c1-2-3-4-5-6-7-8-9-10-11-12-13-14-15-16-19-22-21-18-17-20-23-21/h21H,2-20H2,1H3. The quantitative estimate of drug-likeness (QED) is 0.268. The number of hydrogen-bond donors (Lipinski definition) is 0. The van der Waals surface area contributed by atoms with E-state index < -0.39 is 0 Å². The van der Waals surface area contributed by atoms with Gasteiger partial charge in [0.05, 0.1) is 0 Å². The fourth-order valence-electron chi connectivity index (χ4n) is 3.37. The zero-order valence-electron chi connectivity index (χ0n) is 15.8. The van der Waals surface area contributed by atoms with Crippen molar-refractivity contribution in [3.8, 4) is 0 Å². The van der Waals surface area contributed by atoms with Crippen LogP contribution in [0.5, 0.6) is 0 Å². The molecule has 0 aromatic carbocycles. The second-order valence-electron chi connectivity index (χ2n) is 7.26. The van der Waals surface area contributed by atoms with Crippen molar-refractivity contribution in [3.05, 3.63) is 0 Å². The maximum atomic E-state index is 5.69. The third kappa shape index (κ3) is 14.0. The Morgan fingerprint density at radius 1 is 0.696 bits per heavy atom. The van der Waals surface area contributed by atoms with E-state index >= 15 is 0 Å². The van der Waals surface area contributed by atoms with Gasteiger partial charge < -0.3 is 9.47 Å². The molecule has 1 heterocycles. The summed E-state index contributed by atoms with van der Waals surface area (Å²) in [5.74, 6) is 0. The molecule has 0 spiro atoms. The molecule has 2 nitrogen and oxygen atoms in total. The van der Waals surface area contributed by atoms with Crippen LogP contribution >= 0.6 is 0 Å². The molecule has 1 aliphatic rings. The van der Waals surface area contributed by atoms with E-state index in [1.807, 2.05) is 0 Å². The lowest BCUT2D eigenvalue weighted by atomic mass is 10.0. The first-order valence-corrected chi connectivity index (χ1v) is 10.7. The van der Waals surface area contributed by atoms with Crippen LogP contribution in [0.1, 0.15) is 116 Å². The minimum Gasteiger partial charge on any atom is -0.353 e. The molecule has 0 saturated carbocycles. The minimum atomic E-state index is 0.113. The molecule has 23 heavy (non-hydrogen) atoms. The normalized spacial score (nSPS) is 17.9. The number of unbranched alkanes of at least 4 members (excludes halogenated alkanes) is 14. The Balaban J connectivity index is 1.64. The van der Waals surface area contributed by atoms with Crippen molar-refractivity contribution in [2.24, 2.45) is 0 Å². The summed E-state index contributed by atoms with van der Waals surface area (Å²) in [6.07, 6.45) is 23.6. The highest BCUT2D eigenvalue weighted by Gasteiger charge is 2.14. The predicted molar refractivity (Wildman–Crippen MR) is 99.9 cm³/mol. The van der Waals surface area contributed by atoms with E-state index in [2.05, 4.69) is 6.92 Å². The van der Waals surface area contributed by atoms with E-state index in [9.17, 15) is 0 Å². The van der Waals surface area contributed by atoms with Crippen molar-refractivity contribution >= 4 is 0 Å². The molecule has 1 unspecified atom stereocenters. The molecule has 0 radical (unpaired) electrons. The molecule has 0 amide bonds. The molecule has 2 heteroatoms. The lowest BCUT2D eigenvalue weighted by Crippen LogP contribution is -2.11. The summed E-state index contributed by atoms with van der Waals surface area (Å²) in [6.45, 7) is 4.08. The average Bonchev–Trinajstić information content (AvgIpc) is 3.08. The molecular weight excluding hydrogens is 284 g/mol. The van der Waals surface area contributed by atoms with Crippen LogP contribution in [-0.2, 0) is 9.47 Å². The minimum absolute atomic E-state index is 0.113. The van der Waals surface area contributed by atoms with Gasteiger partial charge in [-0.15, -0.1) is 0 Å². The average molecular weight is 327 g/mol. The van der Waals surface area contributed by atoms with E-state index in [4.69, 9.17) is 9.47 Å². The summed E-state index contributed by atoms with van der Waals surface area (Å²) < 4.78 is 11.1. The van der Waals surface area contributed by atoms with Crippen molar-refractivity contribution < 1.29 is 9.47 Å². The van der Waals surface area contributed by atoms with Gasteiger partial charge in [-0.2, -0.15) is 0 Å². The molecule has 0 N–H and O–H groups in total. The van der Waals surface area contributed by atoms with Crippen LogP contribution in [0.25, 0.3) is 0 Å². The molecule has 1 atom stereocenters. The topological polar surface area (TPSA) is 18.5 Å². The van der Waals surface area contributed by atoms with Crippen LogP contribution in [0.2, 0.25) is 0 Å². The maximum Gasteiger partial charge on any atom is 0.157 e. The Kier molecular flexibility index (Phi) is 15.3. The van der Waals surface area contributed by atoms with Gasteiger partial charge in [0.1, 0.15) is 0 Å². The van der Waals surface area contributed by atoms with Gasteiger partial charge in [0.25, 0.3) is 0 Å². The van der Waals surface area contributed by atoms with Crippen LogP contribution in [0.3, 0.4) is 0 Å². The Morgan fingerprint density at radius 2 is 1.17 bits per heavy atom. The van der Waals surface area contributed by atoms with Crippen molar-refractivity contribution in [3.63, 3.8) is 0 Å². The molecule has 1 aliphatic heterocycles. The summed E-state index contributed by atoms with van der Waals surface area (Å²) in [6, 6.07) is 0. The van der Waals surface area contributed by atoms with E-state index in [1.54, 1.807) is 0 Å². The van der Waals surface area contributed by atoms with Crippen molar-refractivity contribution in [1.29, 1.82) is 0 Å². The predicted octanol–water partition coefficient (Wildman–Crippen LogP) is 7.01. The molecule has 0 aromatic rings. The van der Waals surface area contributed by atoms with Crippen molar-refractivity contribution in [2.45, 2.75) is 122 Å². The summed E-state index contributed by atoms with van der Waals surface area (Å²) in [7, 11) is 0. The number of hydrogen-bond acceptors (Lipinski definition) is 2. The second-order valence-corrected chi connectivity index (χ2v) is 7.26. The van der Waals surface area contributed by atoms with E-state index in [-0.39, 0.29) is 6.29 Å². The van der Waals surface area contributed by atoms with Gasteiger partial charge in [-0.3, -0.25) is 0 Å². The molecule has 0 aromatic heterocycles. The van der Waals surface area contributed by atoms with Gasteiger partial charge in [0.15, 0.2) is 6.29 Å². The Morgan fingerprint density at radius 3 is 1.61 bits per heavy atom. The smallest absolute Gasteiger partial charge is 0.157 e. The van der Waals surface area contributed by atoms with Crippen LogP contribution in [0.4, 0.5) is 0 Å². The first-order chi connectivity index (χ1) is 11.4. The van der Waals surface area contributed by atoms with E-state index in [1.165, 1.54) is 103 Å². The van der Waals surface area contributed by atoms with Crippen LogP contribution in [0.15, 0.2) is 0 Å². The van der Waals surface area contributed by atoms with Crippen LogP contribution < -0.4 is 0 Å². The summed E-state index contributed by atoms with van der Waals surface area (Å²) in [5.41, 5.74) is 0. The van der Waals surface area contributed by atoms with Crippen molar-refractivity contribution in [1.82, 2.24) is 0 Å². The largest absolute Gasteiger partial charge is 0.353 e. The zero-order chi connectivity index (χ0) is 16.4. The van der Waals surface area contributed by atoms with Gasteiger partial charge in [-0.1, -0.05) is 96.8 Å².